The molecule has 5 heteroatoms. The summed E-state index contributed by atoms with van der Waals surface area (Å²) in [6.45, 7) is 3.66. The molecule has 1 rings (SSSR count). The molecule has 1 aromatic carbocycles. The summed E-state index contributed by atoms with van der Waals surface area (Å²) >= 11 is 0. The van der Waals surface area contributed by atoms with Crippen molar-refractivity contribution >= 4 is 12.2 Å². The number of carbonyl (C=O) groups is 1. The number of para-hydroxylation sites is 1. The number of esters is 1. The Bertz CT molecular complexity index is 427. The number of ether oxygens (including phenoxy) is 2. The maximum absolute atomic E-state index is 11.0. The fourth-order valence-corrected chi connectivity index (χ4v) is 1.57. The summed E-state index contributed by atoms with van der Waals surface area (Å²) in [6.07, 6.45) is 0.884. The molecule has 0 fully saturated rings. The van der Waals surface area contributed by atoms with E-state index in [2.05, 4.69) is 4.79 Å². The van der Waals surface area contributed by atoms with Crippen LogP contribution in [0.15, 0.2) is 30.3 Å². The molecule has 0 heterocycles. The van der Waals surface area contributed by atoms with E-state index in [0.29, 0.717) is 6.42 Å². The highest BCUT2D eigenvalue weighted by molar-refractivity contribution is 6.20. The lowest BCUT2D eigenvalue weighted by Crippen LogP contribution is -2.23. The van der Waals surface area contributed by atoms with Gasteiger partial charge in [0.05, 0.1) is 6.10 Å². The van der Waals surface area contributed by atoms with E-state index in [1.54, 1.807) is 6.92 Å². The Hall–Kier alpha value is -2.13. The Balaban J connectivity index is 2.38. The highest BCUT2D eigenvalue weighted by Crippen LogP contribution is 2.14. The summed E-state index contributed by atoms with van der Waals surface area (Å²) in [7, 11) is 0. The number of hydrogen-bond acceptors (Lipinski definition) is 3. The fraction of sp³-hybridized carbons (Fsp3) is 0.385. The molecule has 0 radical (unpaired) electrons. The van der Waals surface area contributed by atoms with Gasteiger partial charge in [-0.15, -0.1) is 0 Å². The van der Waals surface area contributed by atoms with Crippen molar-refractivity contribution in [2.75, 3.05) is 0 Å². The first-order valence-electron chi connectivity index (χ1n) is 5.71. The average molecular weight is 248 g/mol. The van der Waals surface area contributed by atoms with Crippen LogP contribution in [0.2, 0.25) is 0 Å². The topological polar surface area (TPSA) is 71.9 Å². The summed E-state index contributed by atoms with van der Waals surface area (Å²) in [5.41, 5.74) is 8.17. The Morgan fingerprint density at radius 1 is 1.33 bits per heavy atom. The predicted molar refractivity (Wildman–Crippen MR) is 66.4 cm³/mol. The zero-order valence-electron chi connectivity index (χ0n) is 10.4. The van der Waals surface area contributed by atoms with E-state index in [-0.39, 0.29) is 12.2 Å². The summed E-state index contributed by atoms with van der Waals surface area (Å²) in [5.74, 6) is 0.109. The summed E-state index contributed by atoms with van der Waals surface area (Å²) < 4.78 is 10.6. The van der Waals surface area contributed by atoms with Gasteiger partial charge in [0.15, 0.2) is 0 Å². The van der Waals surface area contributed by atoms with Crippen LogP contribution in [-0.2, 0) is 9.53 Å². The van der Waals surface area contributed by atoms with Gasteiger partial charge in [-0.3, -0.25) is 0 Å². The predicted octanol–water partition coefficient (Wildman–Crippen LogP) is 2.08. The van der Waals surface area contributed by atoms with E-state index < -0.39 is 5.97 Å². The van der Waals surface area contributed by atoms with E-state index in [9.17, 15) is 4.79 Å². The van der Waals surface area contributed by atoms with Crippen LogP contribution in [0.3, 0.4) is 0 Å². The lowest BCUT2D eigenvalue weighted by Gasteiger charge is -2.18. The minimum Gasteiger partial charge on any atom is -0.491 e. The summed E-state index contributed by atoms with van der Waals surface area (Å²) in [4.78, 5) is 13.6. The Morgan fingerprint density at radius 3 is 2.61 bits per heavy atom. The van der Waals surface area contributed by atoms with Gasteiger partial charge in [0.1, 0.15) is 11.9 Å². The fourth-order valence-electron chi connectivity index (χ4n) is 1.57. The van der Waals surface area contributed by atoms with E-state index in [1.165, 1.54) is 0 Å². The van der Waals surface area contributed by atoms with Gasteiger partial charge >= 0.3 is 12.2 Å². The smallest absolute Gasteiger partial charge is 0.413 e. The zero-order valence-corrected chi connectivity index (χ0v) is 10.4. The monoisotopic (exact) mass is 248 g/mol. The lowest BCUT2D eigenvalue weighted by molar-refractivity contribution is -0.144. The molecule has 0 aliphatic rings. The van der Waals surface area contributed by atoms with E-state index in [4.69, 9.17) is 15.0 Å². The first-order chi connectivity index (χ1) is 8.61. The largest absolute Gasteiger partial charge is 0.491 e. The molecule has 2 atom stereocenters. The number of rotatable bonds is 6. The minimum absolute atomic E-state index is 0.0822. The molecule has 1 aromatic rings. The van der Waals surface area contributed by atoms with Crippen molar-refractivity contribution in [2.24, 2.45) is 0 Å². The van der Waals surface area contributed by atoms with Crippen LogP contribution in [0, 0.1) is 0 Å². The van der Waals surface area contributed by atoms with Crippen molar-refractivity contribution in [1.29, 1.82) is 0 Å². The molecule has 0 saturated heterocycles. The Morgan fingerprint density at radius 2 is 2.00 bits per heavy atom. The van der Waals surface area contributed by atoms with Crippen LogP contribution in [0.1, 0.15) is 20.3 Å². The van der Waals surface area contributed by atoms with Crippen molar-refractivity contribution in [3.63, 3.8) is 0 Å². The molecule has 0 aliphatic carbocycles. The van der Waals surface area contributed by atoms with Crippen LogP contribution in [0.25, 0.3) is 5.53 Å². The molecule has 18 heavy (non-hydrogen) atoms. The van der Waals surface area contributed by atoms with Crippen LogP contribution in [0.4, 0.5) is 0 Å². The minimum atomic E-state index is -0.670. The SMILES string of the molecule is C[C@@H](C[C@H](C)Oc1ccccc1)OC(=O)C=[N+]=[N-]. The van der Waals surface area contributed by atoms with E-state index in [1.807, 2.05) is 37.3 Å². The van der Waals surface area contributed by atoms with Crippen LogP contribution < -0.4 is 4.74 Å². The number of carbonyl (C=O) groups excluding carboxylic acids is 1. The molecule has 0 spiro atoms. The molecule has 0 unspecified atom stereocenters. The van der Waals surface area contributed by atoms with E-state index >= 15 is 0 Å². The third kappa shape index (κ3) is 5.27. The van der Waals surface area contributed by atoms with Gasteiger partial charge in [-0.1, -0.05) is 18.2 Å². The van der Waals surface area contributed by atoms with Gasteiger partial charge in [-0.05, 0) is 26.0 Å². The maximum atomic E-state index is 11.0. The van der Waals surface area contributed by atoms with Crippen molar-refractivity contribution in [1.82, 2.24) is 0 Å². The average Bonchev–Trinajstić information content (AvgIpc) is 2.29. The highest BCUT2D eigenvalue weighted by Gasteiger charge is 2.15. The second-order valence-corrected chi connectivity index (χ2v) is 3.97. The molecule has 5 nitrogen and oxygen atoms in total. The molecule has 0 amide bonds. The normalized spacial score (nSPS) is 13.0. The van der Waals surface area contributed by atoms with E-state index in [0.717, 1.165) is 12.0 Å². The highest BCUT2D eigenvalue weighted by atomic mass is 16.5. The molecule has 0 saturated carbocycles. The van der Waals surface area contributed by atoms with Gasteiger partial charge in [0.2, 0.25) is 0 Å². The van der Waals surface area contributed by atoms with Gasteiger partial charge in [-0.25, -0.2) is 4.79 Å². The standard InChI is InChI=1S/C13H16N2O3/c1-10(17-12-6-4-3-5-7-12)8-11(2)18-13(16)9-15-14/h3-7,9-11H,8H2,1-2H3/t10-,11-/m0/s1. The van der Waals surface area contributed by atoms with Crippen molar-refractivity contribution in [2.45, 2.75) is 32.5 Å². The summed E-state index contributed by atoms with van der Waals surface area (Å²) in [5, 5.41) is 0. The lowest BCUT2D eigenvalue weighted by atomic mass is 10.2. The maximum Gasteiger partial charge on any atom is 0.413 e. The number of hydrogen-bond donors (Lipinski definition) is 0. The Kier molecular flexibility index (Phi) is 5.61. The third-order valence-corrected chi connectivity index (χ3v) is 2.22. The van der Waals surface area contributed by atoms with Crippen LogP contribution in [-0.4, -0.2) is 29.2 Å². The molecule has 0 aliphatic heterocycles. The first-order valence-corrected chi connectivity index (χ1v) is 5.71. The van der Waals surface area contributed by atoms with Gasteiger partial charge in [-0.2, -0.15) is 4.79 Å². The molecule has 0 bridgehead atoms. The van der Waals surface area contributed by atoms with Gasteiger partial charge in [0.25, 0.3) is 0 Å². The van der Waals surface area contributed by atoms with Gasteiger partial charge < -0.3 is 15.0 Å². The number of benzene rings is 1. The number of nitrogens with zero attached hydrogens (tertiary/aromatic N) is 2. The molecule has 0 N–H and O–H groups in total. The quantitative estimate of drug-likeness (QED) is 0.335. The zero-order chi connectivity index (χ0) is 13.4. The van der Waals surface area contributed by atoms with Crippen molar-refractivity contribution in [3.05, 3.63) is 35.9 Å². The second-order valence-electron chi connectivity index (χ2n) is 3.97. The molecule has 96 valence electrons. The third-order valence-electron chi connectivity index (χ3n) is 2.22. The Labute approximate surface area is 106 Å². The van der Waals surface area contributed by atoms with Crippen LogP contribution >= 0.6 is 0 Å². The second kappa shape index (κ2) is 7.25. The van der Waals surface area contributed by atoms with Crippen molar-refractivity contribution < 1.29 is 19.1 Å². The molecular formula is C13H16N2O3. The molecule has 0 aromatic heterocycles. The first kappa shape index (κ1) is 13.9. The summed E-state index contributed by atoms with van der Waals surface area (Å²) in [6, 6.07) is 9.43. The molecular weight excluding hydrogens is 232 g/mol. The van der Waals surface area contributed by atoms with Crippen LogP contribution in [0.5, 0.6) is 5.75 Å². The van der Waals surface area contributed by atoms with Crippen molar-refractivity contribution in [3.8, 4) is 5.75 Å². The van der Waals surface area contributed by atoms with Gasteiger partial charge in [0, 0.05) is 6.42 Å².